The number of fused-ring (bicyclic) bond motifs is 5. The first-order valence-electron chi connectivity index (χ1n) is 14.3. The first-order valence-corrected chi connectivity index (χ1v) is 15.1. The van der Waals surface area contributed by atoms with Crippen molar-refractivity contribution in [3.8, 4) is 6.07 Å². The van der Waals surface area contributed by atoms with Gasteiger partial charge >= 0.3 is 0 Å². The zero-order valence-electron chi connectivity index (χ0n) is 23.7. The minimum Gasteiger partial charge on any atom is -0.310 e. The zero-order valence-corrected chi connectivity index (χ0v) is 25.3. The van der Waals surface area contributed by atoms with E-state index in [1.54, 1.807) is 19.1 Å². The monoisotopic (exact) mass is 603 g/mol. The van der Waals surface area contributed by atoms with E-state index in [-0.39, 0.29) is 11.1 Å². The lowest BCUT2D eigenvalue weighted by atomic mass is 9.90. The van der Waals surface area contributed by atoms with Crippen molar-refractivity contribution in [2.45, 2.75) is 36.9 Å². The third-order valence-electron chi connectivity index (χ3n) is 8.97. The number of rotatable bonds is 2. The molecule has 4 aromatic carbocycles. The molecular formula is C36H27Cl2N3O2. The number of carbonyl (C=O) groups excluding carboxylic acids is 2. The molecule has 0 unspecified atom stereocenters. The number of anilines is 2. The van der Waals surface area contributed by atoms with E-state index in [0.29, 0.717) is 11.3 Å². The van der Waals surface area contributed by atoms with E-state index in [2.05, 4.69) is 59.5 Å². The van der Waals surface area contributed by atoms with E-state index < -0.39 is 16.1 Å². The van der Waals surface area contributed by atoms with Crippen LogP contribution in [0.4, 0.5) is 11.4 Å². The molecule has 212 valence electrons. The number of aryl methyl sites for hydroxylation is 1. The number of likely N-dealkylation sites (N-methyl/N-ethyl adjacent to an activating group) is 1. The molecule has 2 heterocycles. The second-order valence-corrected chi connectivity index (χ2v) is 12.6. The van der Waals surface area contributed by atoms with Crippen LogP contribution in [-0.4, -0.2) is 23.8 Å². The Balaban J connectivity index is 1.50. The van der Waals surface area contributed by atoms with Crippen molar-refractivity contribution in [3.05, 3.63) is 118 Å². The maximum Gasteiger partial charge on any atom is 0.271 e. The maximum absolute atomic E-state index is 13.2. The molecule has 7 rings (SSSR count). The summed E-state index contributed by atoms with van der Waals surface area (Å²) in [4.78, 5) is 28.8. The molecule has 0 aromatic heterocycles. The molecule has 0 N–H and O–H groups in total. The summed E-state index contributed by atoms with van der Waals surface area (Å²) in [5.74, 6) is -1.09. The van der Waals surface area contributed by atoms with Crippen molar-refractivity contribution < 1.29 is 9.59 Å². The molecule has 0 bridgehead atoms. The summed E-state index contributed by atoms with van der Waals surface area (Å²) in [6.45, 7) is 1.62. The number of nitrogens with zero attached hydrogens (tertiary/aromatic N) is 3. The van der Waals surface area contributed by atoms with Crippen molar-refractivity contribution in [2.75, 3.05) is 11.9 Å². The number of halogens is 2. The van der Waals surface area contributed by atoms with Crippen LogP contribution in [0.5, 0.6) is 0 Å². The van der Waals surface area contributed by atoms with Crippen LogP contribution in [0.2, 0.25) is 0 Å². The lowest BCUT2D eigenvalue weighted by Gasteiger charge is -2.29. The lowest BCUT2D eigenvalue weighted by Crippen LogP contribution is -2.39. The molecule has 0 atom stereocenters. The Morgan fingerprint density at radius 3 is 2.44 bits per heavy atom. The zero-order chi connectivity index (χ0) is 30.0. The van der Waals surface area contributed by atoms with Gasteiger partial charge in [-0.3, -0.25) is 14.5 Å². The average Bonchev–Trinajstić information content (AvgIpc) is 3.23. The molecule has 0 radical (unpaired) electrons. The normalized spacial score (nSPS) is 19.9. The Bertz CT molecular complexity index is 2050. The molecule has 0 saturated heterocycles. The topological polar surface area (TPSA) is 64.4 Å². The van der Waals surface area contributed by atoms with Crippen molar-refractivity contribution in [3.63, 3.8) is 0 Å². The van der Waals surface area contributed by atoms with Crippen LogP contribution in [-0.2, 0) is 26.8 Å². The number of nitriles is 1. The number of alkyl halides is 2. The molecule has 5 nitrogen and oxygen atoms in total. The Morgan fingerprint density at radius 2 is 1.63 bits per heavy atom. The van der Waals surface area contributed by atoms with E-state index in [9.17, 15) is 14.9 Å². The van der Waals surface area contributed by atoms with Gasteiger partial charge < -0.3 is 4.90 Å². The van der Waals surface area contributed by atoms with Crippen molar-refractivity contribution in [2.24, 2.45) is 0 Å². The summed E-state index contributed by atoms with van der Waals surface area (Å²) in [6.07, 6.45) is 7.60. The standard InChI is InChI=1S/C36H27Cl2N3O2/c1-21-25(34(42)40(2)35(43)29(21)20-39)16-17-33-36(37,38)30-19-28-24(15-14-23-9-3-5-11-26(23)28)18-32(30)41(33)31-13-7-10-22-8-4-6-12-27(22)31/h3,5,7,9-11,13-19H,4,6,8,12H2,1-2H3/b25-16+,33-17+. The fourth-order valence-electron chi connectivity index (χ4n) is 6.68. The minimum atomic E-state index is -1.45. The summed E-state index contributed by atoms with van der Waals surface area (Å²) in [5.41, 5.74) is 6.33. The van der Waals surface area contributed by atoms with Gasteiger partial charge in [0.05, 0.1) is 11.4 Å². The molecular weight excluding hydrogens is 577 g/mol. The number of hydrogen-bond donors (Lipinski definition) is 0. The highest BCUT2D eigenvalue weighted by atomic mass is 35.5. The fourth-order valence-corrected chi connectivity index (χ4v) is 7.28. The third-order valence-corrected chi connectivity index (χ3v) is 9.76. The highest BCUT2D eigenvalue weighted by Crippen LogP contribution is 2.58. The second kappa shape index (κ2) is 10.1. The second-order valence-electron chi connectivity index (χ2n) is 11.3. The average molecular weight is 605 g/mol. The molecule has 3 aliphatic rings. The number of carbonyl (C=O) groups is 2. The van der Waals surface area contributed by atoms with E-state index in [1.807, 2.05) is 18.2 Å². The SMILES string of the molecule is CC1=C(C#N)C(=O)N(C)C(=O)/C1=C/C=C1/N(c2cccc3c2CCCC3)c2cc3ccc4ccccc4c3cc2C1(Cl)Cl. The highest BCUT2D eigenvalue weighted by molar-refractivity contribution is 6.51. The molecule has 4 aromatic rings. The van der Waals surface area contributed by atoms with Gasteiger partial charge in [0.1, 0.15) is 11.6 Å². The van der Waals surface area contributed by atoms with Gasteiger partial charge in [-0.25, -0.2) is 0 Å². The van der Waals surface area contributed by atoms with Gasteiger partial charge in [0.2, 0.25) is 0 Å². The summed E-state index contributed by atoms with van der Waals surface area (Å²) in [7, 11) is 1.38. The first kappa shape index (κ1) is 27.5. The summed E-state index contributed by atoms with van der Waals surface area (Å²) >= 11 is 14.7. The number of imide groups is 1. The molecule has 2 aliphatic heterocycles. The summed E-state index contributed by atoms with van der Waals surface area (Å²) in [6, 6.07) is 25.0. The molecule has 43 heavy (non-hydrogen) atoms. The number of hydrogen-bond acceptors (Lipinski definition) is 4. The van der Waals surface area contributed by atoms with Gasteiger partial charge in [-0.2, -0.15) is 5.26 Å². The summed E-state index contributed by atoms with van der Waals surface area (Å²) < 4.78 is -1.45. The Hall–Kier alpha value is -4.37. The molecule has 7 heteroatoms. The molecule has 0 spiro atoms. The van der Waals surface area contributed by atoms with Crippen LogP contribution in [0.25, 0.3) is 21.5 Å². The Labute approximate surface area is 259 Å². The number of allylic oxidation sites excluding steroid dienone is 3. The van der Waals surface area contributed by atoms with Gasteiger partial charge in [0.15, 0.2) is 4.33 Å². The van der Waals surface area contributed by atoms with E-state index >= 15 is 0 Å². The predicted octanol–water partition coefficient (Wildman–Crippen LogP) is 8.30. The minimum absolute atomic E-state index is 0.0587. The third kappa shape index (κ3) is 4.12. The maximum atomic E-state index is 13.2. The van der Waals surface area contributed by atoms with Crippen molar-refractivity contribution in [1.29, 1.82) is 5.26 Å². The van der Waals surface area contributed by atoms with Gasteiger partial charge in [0.25, 0.3) is 11.8 Å². The largest absolute Gasteiger partial charge is 0.310 e. The van der Waals surface area contributed by atoms with Crippen LogP contribution >= 0.6 is 23.2 Å². The van der Waals surface area contributed by atoms with Gasteiger partial charge in [-0.05, 0) is 101 Å². The van der Waals surface area contributed by atoms with Crippen LogP contribution in [0.1, 0.15) is 36.5 Å². The Morgan fingerprint density at radius 1 is 0.860 bits per heavy atom. The lowest BCUT2D eigenvalue weighted by molar-refractivity contribution is -0.138. The van der Waals surface area contributed by atoms with Gasteiger partial charge in [-0.1, -0.05) is 71.7 Å². The molecule has 0 fully saturated rings. The summed E-state index contributed by atoms with van der Waals surface area (Å²) in [5, 5.41) is 14.0. The fraction of sp³-hybridized carbons (Fsp3) is 0.194. The smallest absolute Gasteiger partial charge is 0.271 e. The quantitative estimate of drug-likeness (QED) is 0.1000. The van der Waals surface area contributed by atoms with E-state index in [4.69, 9.17) is 23.2 Å². The van der Waals surface area contributed by atoms with E-state index in [1.165, 1.54) is 18.2 Å². The number of amides is 2. The number of benzene rings is 4. The van der Waals surface area contributed by atoms with Crippen molar-refractivity contribution >= 4 is 67.9 Å². The molecule has 0 saturated carbocycles. The van der Waals surface area contributed by atoms with Gasteiger partial charge in [-0.15, -0.1) is 0 Å². The predicted molar refractivity (Wildman–Crippen MR) is 172 cm³/mol. The first-order chi connectivity index (χ1) is 20.7. The van der Waals surface area contributed by atoms with Crippen LogP contribution < -0.4 is 4.90 Å². The van der Waals surface area contributed by atoms with Gasteiger partial charge in [0, 0.05) is 23.9 Å². The molecule has 1 aliphatic carbocycles. The van der Waals surface area contributed by atoms with E-state index in [0.717, 1.165) is 69.1 Å². The highest BCUT2D eigenvalue weighted by Gasteiger charge is 2.46. The van der Waals surface area contributed by atoms with Crippen LogP contribution in [0, 0.1) is 11.3 Å². The Kier molecular flexibility index (Phi) is 6.46. The molecule has 2 amide bonds. The van der Waals surface area contributed by atoms with Crippen LogP contribution in [0.3, 0.4) is 0 Å². The van der Waals surface area contributed by atoms with Crippen molar-refractivity contribution in [1.82, 2.24) is 4.90 Å². The van der Waals surface area contributed by atoms with Crippen LogP contribution in [0.15, 0.2) is 101 Å².